The number of nitrogens with zero attached hydrogens (tertiary/aromatic N) is 2. The topological polar surface area (TPSA) is 132 Å². The van der Waals surface area contributed by atoms with Crippen LogP contribution in [0.15, 0.2) is 10.6 Å². The highest BCUT2D eigenvalue weighted by Crippen LogP contribution is 2.41. The van der Waals surface area contributed by atoms with Gasteiger partial charge in [-0.3, -0.25) is 9.59 Å². The summed E-state index contributed by atoms with van der Waals surface area (Å²) in [5.74, 6) is -2.64. The van der Waals surface area contributed by atoms with Crippen molar-refractivity contribution >= 4 is 29.5 Å². The fraction of sp³-hybridized carbons (Fsp3) is 0.611. The number of rotatable bonds is 7. The monoisotopic (exact) mass is 392 g/mol. The third-order valence-corrected chi connectivity index (χ3v) is 5.67. The van der Waals surface area contributed by atoms with Crippen molar-refractivity contribution in [2.75, 3.05) is 12.9 Å². The molecule has 27 heavy (non-hydrogen) atoms. The average Bonchev–Trinajstić information content (AvgIpc) is 2.62. The van der Waals surface area contributed by atoms with Gasteiger partial charge in [-0.15, -0.1) is 0 Å². The largest absolute Gasteiger partial charge is 0.467 e. The average molecular weight is 392 g/mol. The number of ether oxygens (including phenoxy) is 1. The second-order valence-corrected chi connectivity index (χ2v) is 7.82. The standard InChI is InChI=1S/C18H24N4O4S/c1-6-10(2)14(17(25)26-5)21-13(23)9-27-16-12(8-20)18(3,4)11(7-19)15(24)22-16/h10-11,14H,6,9H2,1-5H3,(H,21,23)(H,22,24)/t10-,11+,14+/m1/s1. The zero-order valence-electron chi connectivity index (χ0n) is 16.1. The van der Waals surface area contributed by atoms with Gasteiger partial charge in [0.15, 0.2) is 0 Å². The Kier molecular flexibility index (Phi) is 7.86. The van der Waals surface area contributed by atoms with Crippen LogP contribution in [0.1, 0.15) is 34.1 Å². The van der Waals surface area contributed by atoms with E-state index in [1.165, 1.54) is 7.11 Å². The molecule has 3 atom stereocenters. The number of thioether (sulfide) groups is 1. The zero-order valence-corrected chi connectivity index (χ0v) is 16.9. The van der Waals surface area contributed by atoms with Gasteiger partial charge in [0, 0.05) is 5.41 Å². The van der Waals surface area contributed by atoms with E-state index >= 15 is 0 Å². The summed E-state index contributed by atoms with van der Waals surface area (Å²) >= 11 is 0.989. The Morgan fingerprint density at radius 2 is 2.04 bits per heavy atom. The SMILES string of the molecule is CC[C@@H](C)[C@H](NC(=O)CSC1=C(C#N)C(C)(C)[C@@H](C#N)C(=O)N1)C(=O)OC. The summed E-state index contributed by atoms with van der Waals surface area (Å²) < 4.78 is 4.73. The molecule has 0 bridgehead atoms. The van der Waals surface area contributed by atoms with Crippen LogP contribution in [0.3, 0.4) is 0 Å². The lowest BCUT2D eigenvalue weighted by Crippen LogP contribution is -2.47. The first-order valence-electron chi connectivity index (χ1n) is 8.49. The van der Waals surface area contributed by atoms with E-state index < -0.39 is 35.2 Å². The van der Waals surface area contributed by atoms with E-state index in [9.17, 15) is 24.9 Å². The molecular weight excluding hydrogens is 368 g/mol. The summed E-state index contributed by atoms with van der Waals surface area (Å²) in [6, 6.07) is 3.19. The molecule has 1 rings (SSSR count). The predicted molar refractivity (Wildman–Crippen MR) is 99.5 cm³/mol. The van der Waals surface area contributed by atoms with E-state index in [1.54, 1.807) is 13.8 Å². The number of methoxy groups -OCH3 is 1. The van der Waals surface area contributed by atoms with Crippen molar-refractivity contribution in [1.29, 1.82) is 10.5 Å². The number of carbonyl (C=O) groups excluding carboxylic acids is 3. The van der Waals surface area contributed by atoms with Crippen LogP contribution in [-0.2, 0) is 19.1 Å². The lowest BCUT2D eigenvalue weighted by atomic mass is 9.72. The minimum absolute atomic E-state index is 0.0992. The Hall–Kier alpha value is -2.52. The molecule has 0 unspecified atom stereocenters. The van der Waals surface area contributed by atoms with Gasteiger partial charge in [0.05, 0.1) is 35.6 Å². The molecule has 0 aromatic carbocycles. The molecule has 8 nitrogen and oxygen atoms in total. The third-order valence-electron chi connectivity index (χ3n) is 4.67. The second kappa shape index (κ2) is 9.43. The normalized spacial score (nSPS) is 20.6. The number of carbonyl (C=O) groups is 3. The summed E-state index contributed by atoms with van der Waals surface area (Å²) in [6.07, 6.45) is 0.677. The molecule has 1 heterocycles. The van der Waals surface area contributed by atoms with E-state index in [1.807, 2.05) is 26.0 Å². The van der Waals surface area contributed by atoms with Gasteiger partial charge in [-0.25, -0.2) is 4.79 Å². The van der Waals surface area contributed by atoms with Gasteiger partial charge in [0.1, 0.15) is 12.0 Å². The summed E-state index contributed by atoms with van der Waals surface area (Å²) in [4.78, 5) is 36.3. The maximum atomic E-state index is 12.3. The highest BCUT2D eigenvalue weighted by atomic mass is 32.2. The van der Waals surface area contributed by atoms with Crippen molar-refractivity contribution in [2.24, 2.45) is 17.3 Å². The predicted octanol–water partition coefficient (Wildman–Crippen LogP) is 1.45. The Labute approximate surface area is 163 Å². The lowest BCUT2D eigenvalue weighted by Gasteiger charge is -2.34. The van der Waals surface area contributed by atoms with Crippen molar-refractivity contribution in [3.63, 3.8) is 0 Å². The van der Waals surface area contributed by atoms with Crippen molar-refractivity contribution < 1.29 is 19.1 Å². The van der Waals surface area contributed by atoms with Crippen LogP contribution in [-0.4, -0.2) is 36.7 Å². The molecule has 0 fully saturated rings. The highest BCUT2D eigenvalue weighted by Gasteiger charge is 2.44. The maximum absolute atomic E-state index is 12.3. The summed E-state index contributed by atoms with van der Waals surface area (Å²) in [6.45, 7) is 7.03. The van der Waals surface area contributed by atoms with Crippen LogP contribution in [0.25, 0.3) is 0 Å². The molecule has 0 saturated carbocycles. The van der Waals surface area contributed by atoms with Gasteiger partial charge in [-0.05, 0) is 5.92 Å². The molecule has 9 heteroatoms. The van der Waals surface area contributed by atoms with E-state index in [4.69, 9.17) is 4.74 Å². The number of hydrogen-bond donors (Lipinski definition) is 2. The minimum atomic E-state index is -0.987. The number of nitriles is 2. The first-order valence-corrected chi connectivity index (χ1v) is 9.47. The van der Waals surface area contributed by atoms with Crippen LogP contribution in [0, 0.1) is 39.9 Å². The first-order chi connectivity index (χ1) is 12.6. The Morgan fingerprint density at radius 3 is 2.52 bits per heavy atom. The van der Waals surface area contributed by atoms with Gasteiger partial charge in [0.2, 0.25) is 11.8 Å². The van der Waals surface area contributed by atoms with Crippen LogP contribution < -0.4 is 10.6 Å². The molecule has 2 N–H and O–H groups in total. The first kappa shape index (κ1) is 22.5. The summed E-state index contributed by atoms with van der Waals surface area (Å²) in [5, 5.41) is 24.1. The van der Waals surface area contributed by atoms with Crippen LogP contribution in [0.2, 0.25) is 0 Å². The summed E-state index contributed by atoms with van der Waals surface area (Å²) in [7, 11) is 1.26. The Morgan fingerprint density at radius 1 is 1.41 bits per heavy atom. The maximum Gasteiger partial charge on any atom is 0.328 e. The van der Waals surface area contributed by atoms with E-state index in [-0.39, 0.29) is 22.3 Å². The summed E-state index contributed by atoms with van der Waals surface area (Å²) in [5.41, 5.74) is -0.714. The molecule has 0 radical (unpaired) electrons. The van der Waals surface area contributed by atoms with Crippen molar-refractivity contribution in [3.05, 3.63) is 10.6 Å². The second-order valence-electron chi connectivity index (χ2n) is 6.83. The molecule has 1 aliphatic heterocycles. The molecule has 0 spiro atoms. The molecule has 0 aliphatic carbocycles. The van der Waals surface area contributed by atoms with Gasteiger partial charge in [0.25, 0.3) is 0 Å². The van der Waals surface area contributed by atoms with Gasteiger partial charge >= 0.3 is 5.97 Å². The van der Waals surface area contributed by atoms with Crippen molar-refractivity contribution in [1.82, 2.24) is 10.6 Å². The van der Waals surface area contributed by atoms with E-state index in [0.29, 0.717) is 6.42 Å². The van der Waals surface area contributed by atoms with Gasteiger partial charge < -0.3 is 15.4 Å². The molecular formula is C18H24N4O4S. The third kappa shape index (κ3) is 5.01. The highest BCUT2D eigenvalue weighted by molar-refractivity contribution is 8.03. The fourth-order valence-corrected chi connectivity index (χ4v) is 3.67. The Balaban J connectivity index is 2.92. The molecule has 0 aromatic rings. The molecule has 0 saturated heterocycles. The molecule has 2 amide bonds. The minimum Gasteiger partial charge on any atom is -0.467 e. The molecule has 146 valence electrons. The van der Waals surface area contributed by atoms with Crippen LogP contribution in [0.4, 0.5) is 0 Å². The number of hydrogen-bond acceptors (Lipinski definition) is 7. The van der Waals surface area contributed by atoms with E-state index in [0.717, 1.165) is 11.8 Å². The van der Waals surface area contributed by atoms with Crippen LogP contribution >= 0.6 is 11.8 Å². The van der Waals surface area contributed by atoms with Crippen molar-refractivity contribution in [2.45, 2.75) is 40.2 Å². The van der Waals surface area contributed by atoms with Crippen molar-refractivity contribution in [3.8, 4) is 12.1 Å². The molecule has 1 aliphatic rings. The number of amides is 2. The number of esters is 1. The molecule has 0 aromatic heterocycles. The van der Waals surface area contributed by atoms with E-state index in [2.05, 4.69) is 10.6 Å². The quantitative estimate of drug-likeness (QED) is 0.627. The lowest BCUT2D eigenvalue weighted by molar-refractivity contribution is -0.146. The number of allylic oxidation sites excluding steroid dienone is 1. The number of nitrogens with one attached hydrogen (secondary N) is 2. The fourth-order valence-electron chi connectivity index (χ4n) is 2.68. The van der Waals surface area contributed by atoms with Gasteiger partial charge in [-0.1, -0.05) is 45.9 Å². The Bertz CT molecular complexity index is 733. The smallest absolute Gasteiger partial charge is 0.328 e. The van der Waals surface area contributed by atoms with Gasteiger partial charge in [-0.2, -0.15) is 10.5 Å². The zero-order chi connectivity index (χ0) is 20.8. The van der Waals surface area contributed by atoms with Crippen LogP contribution in [0.5, 0.6) is 0 Å².